The summed E-state index contributed by atoms with van der Waals surface area (Å²) in [6.07, 6.45) is 4.06. The van der Waals surface area contributed by atoms with Crippen molar-refractivity contribution >= 4 is 28.6 Å². The molecule has 0 spiro atoms. The van der Waals surface area contributed by atoms with Gasteiger partial charge in [-0.05, 0) is 50.5 Å². The van der Waals surface area contributed by atoms with Crippen molar-refractivity contribution in [2.45, 2.75) is 39.2 Å². The molecule has 0 bridgehead atoms. The molecule has 31 heavy (non-hydrogen) atoms. The Morgan fingerprint density at radius 2 is 2.06 bits per heavy atom. The largest absolute Gasteiger partial charge is 0.443 e. The number of hydrogen-bond donors (Lipinski definition) is 0. The minimum absolute atomic E-state index is 0.0817. The summed E-state index contributed by atoms with van der Waals surface area (Å²) in [7, 11) is 0. The highest BCUT2D eigenvalue weighted by molar-refractivity contribution is 6.30. The van der Waals surface area contributed by atoms with E-state index >= 15 is 0 Å². The van der Waals surface area contributed by atoms with Crippen LogP contribution in [0.3, 0.4) is 0 Å². The highest BCUT2D eigenvalue weighted by Crippen LogP contribution is 2.34. The molecule has 5 rings (SSSR count). The summed E-state index contributed by atoms with van der Waals surface area (Å²) >= 11 is 5.96. The van der Waals surface area contributed by atoms with E-state index in [0.29, 0.717) is 51.9 Å². The number of rotatable bonds is 4. The predicted octanol–water partition coefficient (Wildman–Crippen LogP) is 5.05. The Balaban J connectivity index is 1.42. The van der Waals surface area contributed by atoms with Gasteiger partial charge in [0.15, 0.2) is 0 Å². The molecule has 0 saturated carbocycles. The van der Waals surface area contributed by atoms with Gasteiger partial charge in [-0.2, -0.15) is 0 Å². The maximum Gasteiger partial charge on any atom is 0.258 e. The van der Waals surface area contributed by atoms with Crippen LogP contribution in [-0.4, -0.2) is 32.5 Å². The van der Waals surface area contributed by atoms with E-state index in [1.165, 1.54) is 0 Å². The van der Waals surface area contributed by atoms with Gasteiger partial charge in [0.05, 0.1) is 22.8 Å². The van der Waals surface area contributed by atoms with Crippen molar-refractivity contribution in [1.82, 2.24) is 20.0 Å². The number of fused-ring (bicyclic) bond motifs is 1. The molecule has 1 unspecified atom stereocenters. The van der Waals surface area contributed by atoms with Crippen LogP contribution in [0.5, 0.6) is 0 Å². The van der Waals surface area contributed by atoms with Crippen LogP contribution >= 0.6 is 11.6 Å². The van der Waals surface area contributed by atoms with Gasteiger partial charge in [-0.15, -0.1) is 0 Å². The lowest BCUT2D eigenvalue weighted by Gasteiger charge is -2.22. The van der Waals surface area contributed by atoms with Gasteiger partial charge in [-0.1, -0.05) is 28.9 Å². The molecule has 7 nitrogen and oxygen atoms in total. The van der Waals surface area contributed by atoms with Gasteiger partial charge in [0.1, 0.15) is 11.8 Å². The molecule has 1 fully saturated rings. The van der Waals surface area contributed by atoms with Crippen LogP contribution in [0, 0.1) is 13.8 Å². The summed E-state index contributed by atoms with van der Waals surface area (Å²) in [6, 6.07) is 9.25. The Kier molecular flexibility index (Phi) is 4.98. The number of carbonyl (C=O) groups excluding carboxylic acids is 1. The topological polar surface area (TPSA) is 85.3 Å². The highest BCUT2D eigenvalue weighted by atomic mass is 35.5. The Hall–Kier alpha value is -3.19. The number of pyridine rings is 1. The second-order valence-electron chi connectivity index (χ2n) is 7.88. The second kappa shape index (κ2) is 7.81. The number of oxazole rings is 1. The quantitative estimate of drug-likeness (QED) is 0.445. The van der Waals surface area contributed by atoms with E-state index in [0.717, 1.165) is 24.2 Å². The molecule has 1 saturated heterocycles. The number of nitrogens with zero attached hydrogens (tertiary/aromatic N) is 4. The van der Waals surface area contributed by atoms with Gasteiger partial charge in [0.25, 0.3) is 11.6 Å². The Morgan fingerprint density at radius 3 is 2.87 bits per heavy atom. The summed E-state index contributed by atoms with van der Waals surface area (Å²) in [6.45, 7) is 4.30. The number of aromatic nitrogens is 3. The molecule has 0 aliphatic carbocycles. The Bertz CT molecular complexity index is 1260. The van der Waals surface area contributed by atoms with Gasteiger partial charge in [0.2, 0.25) is 5.89 Å². The monoisotopic (exact) mass is 436 g/mol. The Labute approximate surface area is 184 Å². The number of hydrogen-bond acceptors (Lipinski definition) is 6. The molecule has 1 aliphatic heterocycles. The summed E-state index contributed by atoms with van der Waals surface area (Å²) in [5, 5.41) is 5.35. The third kappa shape index (κ3) is 3.70. The first-order valence-electron chi connectivity index (χ1n) is 10.2. The third-order valence-corrected chi connectivity index (χ3v) is 5.89. The fraction of sp³-hybridized carbons (Fsp3) is 0.304. The zero-order valence-electron chi connectivity index (χ0n) is 17.3. The normalized spacial score (nSPS) is 16.4. The third-order valence-electron chi connectivity index (χ3n) is 5.64. The number of likely N-dealkylation sites (tertiary alicyclic amines) is 1. The molecule has 1 atom stereocenters. The minimum atomic E-state index is -0.199. The van der Waals surface area contributed by atoms with E-state index in [1.54, 1.807) is 12.3 Å². The zero-order chi connectivity index (χ0) is 21.5. The molecule has 0 radical (unpaired) electrons. The van der Waals surface area contributed by atoms with Gasteiger partial charge in [0, 0.05) is 23.7 Å². The smallest absolute Gasteiger partial charge is 0.258 e. The van der Waals surface area contributed by atoms with E-state index in [2.05, 4.69) is 15.1 Å². The van der Waals surface area contributed by atoms with Crippen molar-refractivity contribution in [3.8, 4) is 0 Å². The molecule has 1 aromatic carbocycles. The van der Waals surface area contributed by atoms with Crippen LogP contribution in [0.4, 0.5) is 0 Å². The number of aryl methyl sites for hydroxylation is 2. The molecule has 3 aromatic heterocycles. The van der Waals surface area contributed by atoms with Crippen LogP contribution in [0.15, 0.2) is 45.5 Å². The number of carbonyl (C=O) groups is 1. The first kappa shape index (κ1) is 19.8. The van der Waals surface area contributed by atoms with E-state index in [1.807, 2.05) is 43.0 Å². The molecule has 1 amide bonds. The van der Waals surface area contributed by atoms with Crippen LogP contribution in [0.2, 0.25) is 5.02 Å². The molecular weight excluding hydrogens is 416 g/mol. The molecule has 0 N–H and O–H groups in total. The number of benzene rings is 1. The van der Waals surface area contributed by atoms with Crippen molar-refractivity contribution in [2.24, 2.45) is 0 Å². The average Bonchev–Trinajstić information content (AvgIpc) is 3.49. The maximum atomic E-state index is 13.5. The summed E-state index contributed by atoms with van der Waals surface area (Å²) in [5.74, 6) is 1.24. The molecule has 8 heteroatoms. The molecule has 4 heterocycles. The van der Waals surface area contributed by atoms with Crippen LogP contribution in [0.25, 0.3) is 11.1 Å². The van der Waals surface area contributed by atoms with Gasteiger partial charge in [-0.3, -0.25) is 4.79 Å². The lowest BCUT2D eigenvalue weighted by Crippen LogP contribution is -2.31. The summed E-state index contributed by atoms with van der Waals surface area (Å²) in [5.41, 5.74) is 3.40. The Morgan fingerprint density at radius 1 is 1.26 bits per heavy atom. The van der Waals surface area contributed by atoms with Crippen molar-refractivity contribution < 1.29 is 13.7 Å². The van der Waals surface area contributed by atoms with Crippen molar-refractivity contribution in [2.75, 3.05) is 6.54 Å². The lowest BCUT2D eigenvalue weighted by atomic mass is 10.1. The zero-order valence-corrected chi connectivity index (χ0v) is 18.0. The van der Waals surface area contributed by atoms with Crippen LogP contribution in [-0.2, 0) is 6.42 Å². The number of halogens is 1. The molecular formula is C23H21ClN4O3. The van der Waals surface area contributed by atoms with Gasteiger partial charge >= 0.3 is 0 Å². The lowest BCUT2D eigenvalue weighted by molar-refractivity contribution is 0.0716. The minimum Gasteiger partial charge on any atom is -0.443 e. The first-order valence-corrected chi connectivity index (χ1v) is 10.6. The average molecular weight is 437 g/mol. The van der Waals surface area contributed by atoms with E-state index < -0.39 is 0 Å². The van der Waals surface area contributed by atoms with Crippen LogP contribution < -0.4 is 0 Å². The van der Waals surface area contributed by atoms with E-state index in [4.69, 9.17) is 20.5 Å². The standard InChI is InChI=1S/C23H21ClN4O3/c1-13-10-18(20-14(2)27-31-22(20)26-13)23(29)28-9-3-4-19(28)21-25-12-17(30-21)11-15-5-7-16(24)8-6-15/h5-8,10,12,19H,3-4,9,11H2,1-2H3. The molecule has 1 aliphatic rings. The van der Waals surface area contributed by atoms with Crippen molar-refractivity contribution in [3.63, 3.8) is 0 Å². The highest BCUT2D eigenvalue weighted by Gasteiger charge is 2.35. The SMILES string of the molecule is Cc1cc(C(=O)N2CCCC2c2ncc(Cc3ccc(Cl)cc3)o2)c2c(C)noc2n1. The van der Waals surface area contributed by atoms with Gasteiger partial charge < -0.3 is 13.8 Å². The predicted molar refractivity (Wildman–Crippen MR) is 115 cm³/mol. The second-order valence-corrected chi connectivity index (χ2v) is 8.32. The first-order chi connectivity index (χ1) is 15.0. The summed E-state index contributed by atoms with van der Waals surface area (Å²) in [4.78, 5) is 24.2. The fourth-order valence-corrected chi connectivity index (χ4v) is 4.30. The fourth-order valence-electron chi connectivity index (χ4n) is 4.17. The maximum absolute atomic E-state index is 13.5. The van der Waals surface area contributed by atoms with Gasteiger partial charge in [-0.25, -0.2) is 9.97 Å². The van der Waals surface area contributed by atoms with E-state index in [-0.39, 0.29) is 11.9 Å². The summed E-state index contributed by atoms with van der Waals surface area (Å²) < 4.78 is 11.3. The van der Waals surface area contributed by atoms with Crippen molar-refractivity contribution in [3.05, 3.63) is 75.7 Å². The van der Waals surface area contributed by atoms with E-state index in [9.17, 15) is 4.79 Å². The van der Waals surface area contributed by atoms with Crippen LogP contribution in [0.1, 0.15) is 57.8 Å². The number of amides is 1. The van der Waals surface area contributed by atoms with Crippen molar-refractivity contribution in [1.29, 1.82) is 0 Å². The molecule has 4 aromatic rings. The molecule has 158 valence electrons.